The summed E-state index contributed by atoms with van der Waals surface area (Å²) in [6.07, 6.45) is 2.14. The van der Waals surface area contributed by atoms with Gasteiger partial charge in [0, 0.05) is 12.3 Å². The highest BCUT2D eigenvalue weighted by molar-refractivity contribution is 7.99. The van der Waals surface area contributed by atoms with Crippen LogP contribution in [0, 0.1) is 11.3 Å². The summed E-state index contributed by atoms with van der Waals surface area (Å²) in [5, 5.41) is 12.7. The van der Waals surface area contributed by atoms with E-state index in [0.29, 0.717) is 40.8 Å². The first-order chi connectivity index (χ1) is 14.5. The number of hydrogen-bond donors (Lipinski definition) is 3. The number of imidazole rings is 1. The predicted octanol–water partition coefficient (Wildman–Crippen LogP) is 1.92. The first-order valence-corrected chi connectivity index (χ1v) is 10.1. The van der Waals surface area contributed by atoms with E-state index in [1.807, 2.05) is 29.7 Å². The first-order valence-electron chi connectivity index (χ1n) is 9.24. The van der Waals surface area contributed by atoms with Gasteiger partial charge in [-0.3, -0.25) is 10.2 Å². The SMILES string of the molecule is COc1ccc(OC)c(Sc2nc3c([nH]2)c(=N)ncn3CCC2C(=O)NN=C2C)c1. The number of benzene rings is 1. The second kappa shape index (κ2) is 8.19. The van der Waals surface area contributed by atoms with E-state index in [4.69, 9.17) is 14.9 Å². The molecule has 0 saturated heterocycles. The summed E-state index contributed by atoms with van der Waals surface area (Å²) >= 11 is 1.38. The molecule has 2 aromatic heterocycles. The van der Waals surface area contributed by atoms with Gasteiger partial charge in [-0.25, -0.2) is 15.4 Å². The van der Waals surface area contributed by atoms with Crippen LogP contribution in [0.25, 0.3) is 11.2 Å². The molecule has 156 valence electrons. The number of aromatic amines is 1. The standard InChI is InChI=1S/C19H21N7O3S/c1-10-12(18(27)25-24-10)6-7-26-9-21-16(20)15-17(26)23-19(22-15)30-14-8-11(28-2)4-5-13(14)29-3/h4-5,8-9,12,20H,6-7H2,1-3H3,(H,22,23)(H,25,27). The molecule has 3 heterocycles. The number of aryl methyl sites for hydroxylation is 1. The lowest BCUT2D eigenvalue weighted by molar-refractivity contribution is -0.122. The van der Waals surface area contributed by atoms with Crippen LogP contribution in [0.2, 0.25) is 0 Å². The lowest BCUT2D eigenvalue weighted by Gasteiger charge is -2.10. The van der Waals surface area contributed by atoms with Gasteiger partial charge in [-0.2, -0.15) is 5.10 Å². The van der Waals surface area contributed by atoms with Gasteiger partial charge in [0.1, 0.15) is 17.0 Å². The minimum Gasteiger partial charge on any atom is -0.497 e. The lowest BCUT2D eigenvalue weighted by atomic mass is 10.0. The maximum Gasteiger partial charge on any atom is 0.248 e. The van der Waals surface area contributed by atoms with Crippen molar-refractivity contribution in [3.05, 3.63) is 30.0 Å². The Kier molecular flexibility index (Phi) is 5.44. The number of aromatic nitrogens is 4. The van der Waals surface area contributed by atoms with Crippen molar-refractivity contribution >= 4 is 34.5 Å². The Morgan fingerprint density at radius 2 is 2.13 bits per heavy atom. The third-order valence-corrected chi connectivity index (χ3v) is 5.82. The highest BCUT2D eigenvalue weighted by atomic mass is 32.2. The highest BCUT2D eigenvalue weighted by Crippen LogP contribution is 2.36. The molecule has 0 bridgehead atoms. The van der Waals surface area contributed by atoms with Crippen molar-refractivity contribution in [3.8, 4) is 11.5 Å². The third-order valence-electron chi connectivity index (χ3n) is 4.90. The number of nitrogens with one attached hydrogen (secondary N) is 3. The number of ether oxygens (including phenoxy) is 2. The molecule has 1 amide bonds. The van der Waals surface area contributed by atoms with Crippen LogP contribution in [0.1, 0.15) is 13.3 Å². The Labute approximate surface area is 176 Å². The van der Waals surface area contributed by atoms with Gasteiger partial charge in [0.05, 0.1) is 31.4 Å². The number of methoxy groups -OCH3 is 2. The van der Waals surface area contributed by atoms with Crippen LogP contribution in [0.5, 0.6) is 11.5 Å². The fourth-order valence-corrected chi connectivity index (χ4v) is 4.16. The average Bonchev–Trinajstić information content (AvgIpc) is 3.31. The number of fused-ring (bicyclic) bond motifs is 1. The van der Waals surface area contributed by atoms with E-state index in [1.165, 1.54) is 11.8 Å². The number of hydrazone groups is 1. The molecule has 3 N–H and O–H groups in total. The number of nitrogens with zero attached hydrogens (tertiary/aromatic N) is 4. The maximum atomic E-state index is 11.9. The van der Waals surface area contributed by atoms with Gasteiger partial charge in [0.2, 0.25) is 5.91 Å². The number of carbonyl (C=O) groups excluding carboxylic acids is 1. The molecule has 0 radical (unpaired) electrons. The number of amides is 1. The van der Waals surface area contributed by atoms with Crippen LogP contribution >= 0.6 is 11.8 Å². The summed E-state index contributed by atoms with van der Waals surface area (Å²) in [4.78, 5) is 24.7. The second-order valence-corrected chi connectivity index (χ2v) is 7.75. The molecule has 4 rings (SSSR count). The van der Waals surface area contributed by atoms with Crippen molar-refractivity contribution in [1.82, 2.24) is 24.9 Å². The van der Waals surface area contributed by atoms with Gasteiger partial charge >= 0.3 is 0 Å². The fourth-order valence-electron chi connectivity index (χ4n) is 3.24. The zero-order valence-corrected chi connectivity index (χ0v) is 17.5. The number of carbonyl (C=O) groups is 1. The summed E-state index contributed by atoms with van der Waals surface area (Å²) in [6, 6.07) is 5.52. The Morgan fingerprint density at radius 3 is 2.83 bits per heavy atom. The van der Waals surface area contributed by atoms with Gasteiger partial charge in [0.25, 0.3) is 0 Å². The first kappa shape index (κ1) is 20.0. The topological polar surface area (TPSA) is 130 Å². The zero-order chi connectivity index (χ0) is 21.3. The molecule has 1 aromatic carbocycles. The molecule has 1 aliphatic heterocycles. The molecule has 1 aliphatic rings. The van der Waals surface area contributed by atoms with Crippen molar-refractivity contribution < 1.29 is 14.3 Å². The average molecular weight is 427 g/mol. The Bertz CT molecular complexity index is 1200. The van der Waals surface area contributed by atoms with E-state index in [2.05, 4.69) is 25.5 Å². The minimum atomic E-state index is -0.267. The molecule has 0 spiro atoms. The van der Waals surface area contributed by atoms with Crippen LogP contribution in [0.15, 0.2) is 39.7 Å². The van der Waals surface area contributed by atoms with E-state index < -0.39 is 0 Å². The third kappa shape index (κ3) is 3.75. The minimum absolute atomic E-state index is 0.0993. The number of hydrogen-bond acceptors (Lipinski definition) is 8. The molecule has 0 fully saturated rings. The van der Waals surface area contributed by atoms with E-state index in [9.17, 15) is 4.79 Å². The molecule has 1 unspecified atom stereocenters. The number of rotatable bonds is 7. The highest BCUT2D eigenvalue weighted by Gasteiger charge is 2.26. The van der Waals surface area contributed by atoms with Gasteiger partial charge < -0.3 is 19.0 Å². The largest absolute Gasteiger partial charge is 0.497 e. The van der Waals surface area contributed by atoms with Gasteiger partial charge in [0.15, 0.2) is 16.3 Å². The number of H-pyrrole nitrogens is 1. The monoisotopic (exact) mass is 427 g/mol. The summed E-state index contributed by atoms with van der Waals surface area (Å²) in [7, 11) is 3.21. The van der Waals surface area contributed by atoms with Crippen molar-refractivity contribution in [2.45, 2.75) is 29.9 Å². The molecular formula is C19H21N7O3S. The summed E-state index contributed by atoms with van der Waals surface area (Å²) in [6.45, 7) is 2.35. The normalized spacial score (nSPS) is 15.9. The predicted molar refractivity (Wildman–Crippen MR) is 111 cm³/mol. The van der Waals surface area contributed by atoms with Crippen LogP contribution in [0.3, 0.4) is 0 Å². The van der Waals surface area contributed by atoms with Gasteiger partial charge in [-0.15, -0.1) is 0 Å². The van der Waals surface area contributed by atoms with E-state index in [1.54, 1.807) is 20.5 Å². The fraction of sp³-hybridized carbons (Fsp3) is 0.316. The van der Waals surface area contributed by atoms with Crippen molar-refractivity contribution in [2.75, 3.05) is 14.2 Å². The van der Waals surface area contributed by atoms with E-state index >= 15 is 0 Å². The zero-order valence-electron chi connectivity index (χ0n) is 16.7. The molecule has 11 heteroatoms. The molecule has 0 aliphatic carbocycles. The van der Waals surface area contributed by atoms with Crippen molar-refractivity contribution in [3.63, 3.8) is 0 Å². The van der Waals surface area contributed by atoms with Crippen LogP contribution in [-0.4, -0.2) is 45.4 Å². The quantitative estimate of drug-likeness (QED) is 0.528. The molecule has 1 atom stereocenters. The Balaban J connectivity index is 1.63. The summed E-state index contributed by atoms with van der Waals surface area (Å²) in [5.74, 6) is 1.04. The summed E-state index contributed by atoms with van der Waals surface area (Å²) in [5.41, 5.74) is 4.51. The van der Waals surface area contributed by atoms with Crippen molar-refractivity contribution in [1.29, 1.82) is 5.41 Å². The molecule has 0 saturated carbocycles. The molecule has 30 heavy (non-hydrogen) atoms. The van der Waals surface area contributed by atoms with Crippen molar-refractivity contribution in [2.24, 2.45) is 11.0 Å². The Morgan fingerprint density at radius 1 is 1.30 bits per heavy atom. The van der Waals surface area contributed by atoms with Gasteiger partial charge in [-0.05, 0) is 43.3 Å². The molecular weight excluding hydrogens is 406 g/mol. The lowest BCUT2D eigenvalue weighted by Crippen LogP contribution is -2.24. The molecule has 10 nitrogen and oxygen atoms in total. The summed E-state index contributed by atoms with van der Waals surface area (Å²) < 4.78 is 12.6. The van der Waals surface area contributed by atoms with Crippen LogP contribution < -0.4 is 20.4 Å². The van der Waals surface area contributed by atoms with Crippen LogP contribution in [0.4, 0.5) is 0 Å². The Hall–Kier alpha value is -3.34. The van der Waals surface area contributed by atoms with Crippen LogP contribution in [-0.2, 0) is 11.3 Å². The second-order valence-electron chi connectivity index (χ2n) is 6.72. The molecule has 3 aromatic rings. The van der Waals surface area contributed by atoms with E-state index in [-0.39, 0.29) is 17.3 Å². The van der Waals surface area contributed by atoms with Gasteiger partial charge in [-0.1, -0.05) is 0 Å². The van der Waals surface area contributed by atoms with E-state index in [0.717, 1.165) is 10.6 Å². The maximum absolute atomic E-state index is 11.9. The smallest absolute Gasteiger partial charge is 0.248 e.